The Labute approximate surface area is 110 Å². The summed E-state index contributed by atoms with van der Waals surface area (Å²) in [7, 11) is 0. The molecule has 86 valence electrons. The Kier molecular flexibility index (Phi) is 4.35. The molecule has 2 rings (SSSR count). The van der Waals surface area contributed by atoms with Gasteiger partial charge in [0.05, 0.1) is 0 Å². The molecular formula is C13H15IO2. The molecule has 1 heterocycles. The maximum absolute atomic E-state index is 12.1. The molecule has 3 heteroatoms. The summed E-state index contributed by atoms with van der Waals surface area (Å²) in [4.78, 5) is 12.1. The number of Topliss-reactive ketones (excluding diaryl/α,β-unsaturated/α-hetero) is 1. The van der Waals surface area contributed by atoms with Crippen LogP contribution in [-0.4, -0.2) is 19.0 Å². The summed E-state index contributed by atoms with van der Waals surface area (Å²) in [5, 5.41) is 0. The molecule has 2 nitrogen and oxygen atoms in total. The predicted molar refractivity (Wildman–Crippen MR) is 71.6 cm³/mol. The van der Waals surface area contributed by atoms with Crippen molar-refractivity contribution in [1.82, 2.24) is 0 Å². The fourth-order valence-corrected chi connectivity index (χ4v) is 2.70. The topological polar surface area (TPSA) is 26.3 Å². The van der Waals surface area contributed by atoms with Crippen molar-refractivity contribution < 1.29 is 9.53 Å². The lowest BCUT2D eigenvalue weighted by molar-refractivity contribution is 0.0601. The first-order valence-electron chi connectivity index (χ1n) is 5.63. The van der Waals surface area contributed by atoms with Crippen LogP contribution in [0.15, 0.2) is 24.3 Å². The van der Waals surface area contributed by atoms with E-state index in [9.17, 15) is 4.79 Å². The van der Waals surface area contributed by atoms with E-state index in [1.807, 2.05) is 24.3 Å². The third-order valence-corrected chi connectivity index (χ3v) is 3.93. The standard InChI is InChI=1S/C13H15IO2/c14-12-4-2-1-3-11(12)13(15)9-10-5-7-16-8-6-10/h1-4,10H,5-9H2. The van der Waals surface area contributed by atoms with Crippen molar-refractivity contribution in [1.29, 1.82) is 0 Å². The van der Waals surface area contributed by atoms with Crippen molar-refractivity contribution in [3.05, 3.63) is 33.4 Å². The SMILES string of the molecule is O=C(CC1CCOCC1)c1ccccc1I. The number of carbonyl (C=O) groups is 1. The van der Waals surface area contributed by atoms with Crippen molar-refractivity contribution in [3.63, 3.8) is 0 Å². The van der Waals surface area contributed by atoms with E-state index < -0.39 is 0 Å². The lowest BCUT2D eigenvalue weighted by Crippen LogP contribution is -2.19. The number of ketones is 1. The zero-order valence-corrected chi connectivity index (χ0v) is 11.3. The summed E-state index contributed by atoms with van der Waals surface area (Å²) in [5.74, 6) is 0.786. The van der Waals surface area contributed by atoms with Crippen LogP contribution in [-0.2, 0) is 4.74 Å². The number of hydrogen-bond donors (Lipinski definition) is 0. The minimum atomic E-state index is 0.275. The molecule has 0 bridgehead atoms. The highest BCUT2D eigenvalue weighted by Crippen LogP contribution is 2.22. The van der Waals surface area contributed by atoms with Crippen LogP contribution in [0.5, 0.6) is 0 Å². The van der Waals surface area contributed by atoms with E-state index in [-0.39, 0.29) is 5.78 Å². The summed E-state index contributed by atoms with van der Waals surface area (Å²) in [6.07, 6.45) is 2.72. The predicted octanol–water partition coefficient (Wildman–Crippen LogP) is 3.29. The normalized spacial score (nSPS) is 17.3. The molecule has 0 unspecified atom stereocenters. The van der Waals surface area contributed by atoms with Crippen LogP contribution in [0.25, 0.3) is 0 Å². The van der Waals surface area contributed by atoms with Gasteiger partial charge < -0.3 is 4.74 Å². The summed E-state index contributed by atoms with van der Waals surface area (Å²) in [6, 6.07) is 7.80. The van der Waals surface area contributed by atoms with Gasteiger partial charge >= 0.3 is 0 Å². The highest BCUT2D eigenvalue weighted by atomic mass is 127. The van der Waals surface area contributed by atoms with Crippen LogP contribution < -0.4 is 0 Å². The molecule has 1 fully saturated rings. The number of ether oxygens (including phenoxy) is 1. The van der Waals surface area contributed by atoms with Gasteiger partial charge in [0, 0.05) is 28.8 Å². The maximum Gasteiger partial charge on any atom is 0.164 e. The third-order valence-electron chi connectivity index (χ3n) is 2.99. The second kappa shape index (κ2) is 5.77. The van der Waals surface area contributed by atoms with Crippen LogP contribution in [0.3, 0.4) is 0 Å². The van der Waals surface area contributed by atoms with Crippen LogP contribution in [0.4, 0.5) is 0 Å². The Hall–Kier alpha value is -0.420. The molecule has 0 atom stereocenters. The second-order valence-electron chi connectivity index (χ2n) is 4.16. The molecule has 1 aromatic carbocycles. The molecule has 0 saturated carbocycles. The van der Waals surface area contributed by atoms with Crippen LogP contribution in [0.2, 0.25) is 0 Å². The smallest absolute Gasteiger partial charge is 0.164 e. The monoisotopic (exact) mass is 330 g/mol. The first kappa shape index (κ1) is 12.0. The lowest BCUT2D eigenvalue weighted by atomic mass is 9.92. The Morgan fingerprint density at radius 2 is 2.00 bits per heavy atom. The van der Waals surface area contributed by atoms with Crippen LogP contribution in [0, 0.1) is 9.49 Å². The molecule has 0 radical (unpaired) electrons. The van der Waals surface area contributed by atoms with Gasteiger partial charge in [-0.25, -0.2) is 0 Å². The van der Waals surface area contributed by atoms with Gasteiger partial charge in [-0.05, 0) is 47.4 Å². The van der Waals surface area contributed by atoms with E-state index in [0.29, 0.717) is 12.3 Å². The molecule has 0 aliphatic carbocycles. The van der Waals surface area contributed by atoms with Gasteiger partial charge in [0.1, 0.15) is 0 Å². The number of rotatable bonds is 3. The van der Waals surface area contributed by atoms with Crippen molar-refractivity contribution in [3.8, 4) is 0 Å². The zero-order chi connectivity index (χ0) is 11.4. The van der Waals surface area contributed by atoms with E-state index >= 15 is 0 Å². The fourth-order valence-electron chi connectivity index (χ4n) is 2.01. The van der Waals surface area contributed by atoms with E-state index in [1.54, 1.807) is 0 Å². The number of benzene rings is 1. The van der Waals surface area contributed by atoms with E-state index in [1.165, 1.54) is 0 Å². The van der Waals surface area contributed by atoms with E-state index in [4.69, 9.17) is 4.74 Å². The van der Waals surface area contributed by atoms with Crippen molar-refractivity contribution >= 4 is 28.4 Å². The largest absolute Gasteiger partial charge is 0.381 e. The first-order chi connectivity index (χ1) is 7.77. The lowest BCUT2D eigenvalue weighted by Gasteiger charge is -2.21. The molecule has 0 aromatic heterocycles. The Morgan fingerprint density at radius 1 is 1.31 bits per heavy atom. The average molecular weight is 330 g/mol. The summed E-state index contributed by atoms with van der Waals surface area (Å²) >= 11 is 2.22. The molecule has 1 saturated heterocycles. The highest BCUT2D eigenvalue weighted by Gasteiger charge is 2.19. The molecule has 0 amide bonds. The molecule has 1 aromatic rings. The molecule has 16 heavy (non-hydrogen) atoms. The molecule has 0 spiro atoms. The average Bonchev–Trinajstić information content (AvgIpc) is 2.31. The van der Waals surface area contributed by atoms with Gasteiger partial charge in [-0.2, -0.15) is 0 Å². The number of hydrogen-bond acceptors (Lipinski definition) is 2. The Bertz CT molecular complexity index is 370. The van der Waals surface area contributed by atoms with Gasteiger partial charge in [0.15, 0.2) is 5.78 Å². The van der Waals surface area contributed by atoms with Gasteiger partial charge in [-0.3, -0.25) is 4.79 Å². The maximum atomic E-state index is 12.1. The summed E-state index contributed by atoms with van der Waals surface area (Å²) < 4.78 is 6.35. The van der Waals surface area contributed by atoms with Gasteiger partial charge in [0.2, 0.25) is 0 Å². The van der Waals surface area contributed by atoms with E-state index in [0.717, 1.165) is 35.2 Å². The minimum absolute atomic E-state index is 0.275. The summed E-state index contributed by atoms with van der Waals surface area (Å²) in [5.41, 5.74) is 0.870. The van der Waals surface area contributed by atoms with E-state index in [2.05, 4.69) is 22.6 Å². The molecule has 1 aliphatic rings. The second-order valence-corrected chi connectivity index (χ2v) is 5.33. The number of carbonyl (C=O) groups excluding carboxylic acids is 1. The van der Waals surface area contributed by atoms with Crippen LogP contribution in [0.1, 0.15) is 29.6 Å². The number of halogens is 1. The van der Waals surface area contributed by atoms with Crippen molar-refractivity contribution in [2.45, 2.75) is 19.3 Å². The van der Waals surface area contributed by atoms with Gasteiger partial charge in [-0.15, -0.1) is 0 Å². The van der Waals surface area contributed by atoms with Crippen molar-refractivity contribution in [2.24, 2.45) is 5.92 Å². The quantitative estimate of drug-likeness (QED) is 0.628. The third kappa shape index (κ3) is 3.04. The van der Waals surface area contributed by atoms with Crippen molar-refractivity contribution in [2.75, 3.05) is 13.2 Å². The van der Waals surface area contributed by atoms with Crippen LogP contribution >= 0.6 is 22.6 Å². The summed E-state index contributed by atoms with van der Waals surface area (Å²) in [6.45, 7) is 1.62. The van der Waals surface area contributed by atoms with Gasteiger partial charge in [0.25, 0.3) is 0 Å². The fraction of sp³-hybridized carbons (Fsp3) is 0.462. The minimum Gasteiger partial charge on any atom is -0.381 e. The Balaban J connectivity index is 2.00. The molecule has 0 N–H and O–H groups in total. The van der Waals surface area contributed by atoms with Gasteiger partial charge in [-0.1, -0.05) is 18.2 Å². The molecule has 1 aliphatic heterocycles. The zero-order valence-electron chi connectivity index (χ0n) is 9.12. The first-order valence-corrected chi connectivity index (χ1v) is 6.70. The Morgan fingerprint density at radius 3 is 2.69 bits per heavy atom. The molecular weight excluding hydrogens is 315 g/mol. The highest BCUT2D eigenvalue weighted by molar-refractivity contribution is 14.1.